The third-order valence-corrected chi connectivity index (χ3v) is 3.64. The number of nitrogens with zero attached hydrogens (tertiary/aromatic N) is 2. The predicted molar refractivity (Wildman–Crippen MR) is 84.5 cm³/mol. The summed E-state index contributed by atoms with van der Waals surface area (Å²) in [5, 5.41) is 3.18. The molecule has 112 valence electrons. The maximum absolute atomic E-state index is 11.9. The summed E-state index contributed by atoms with van der Waals surface area (Å²) in [6.45, 7) is 4.61. The SMILES string of the molecule is C=CC(=O)N1CC(Nc2cc(-c3ccncc3)c[nH]c2=O)C1. The minimum atomic E-state index is -0.175. The molecule has 0 spiro atoms. The van der Waals surface area contributed by atoms with Crippen LogP contribution in [-0.4, -0.2) is 39.9 Å². The Hall–Kier alpha value is -2.89. The number of H-pyrrole nitrogens is 1. The van der Waals surface area contributed by atoms with Crippen molar-refractivity contribution in [2.75, 3.05) is 18.4 Å². The molecule has 1 aliphatic rings. The van der Waals surface area contributed by atoms with Crippen LogP contribution in [0.5, 0.6) is 0 Å². The molecule has 0 aliphatic carbocycles. The van der Waals surface area contributed by atoms with E-state index < -0.39 is 0 Å². The van der Waals surface area contributed by atoms with Crippen molar-refractivity contribution in [1.82, 2.24) is 14.9 Å². The van der Waals surface area contributed by atoms with Crippen LogP contribution in [0.2, 0.25) is 0 Å². The van der Waals surface area contributed by atoms with Crippen molar-refractivity contribution in [2.45, 2.75) is 6.04 Å². The summed E-state index contributed by atoms with van der Waals surface area (Å²) in [5.74, 6) is -0.0857. The lowest BCUT2D eigenvalue weighted by molar-refractivity contribution is -0.129. The fourth-order valence-corrected chi connectivity index (χ4v) is 2.40. The highest BCUT2D eigenvalue weighted by molar-refractivity contribution is 5.87. The van der Waals surface area contributed by atoms with Crippen LogP contribution >= 0.6 is 0 Å². The highest BCUT2D eigenvalue weighted by Crippen LogP contribution is 2.20. The van der Waals surface area contributed by atoms with E-state index in [9.17, 15) is 9.59 Å². The lowest BCUT2D eigenvalue weighted by atomic mass is 10.1. The molecule has 2 aromatic rings. The smallest absolute Gasteiger partial charge is 0.271 e. The molecule has 0 radical (unpaired) electrons. The van der Waals surface area contributed by atoms with Gasteiger partial charge in [-0.25, -0.2) is 0 Å². The van der Waals surface area contributed by atoms with Gasteiger partial charge in [-0.2, -0.15) is 0 Å². The van der Waals surface area contributed by atoms with E-state index in [1.165, 1.54) is 6.08 Å². The Morgan fingerprint density at radius 3 is 2.77 bits per heavy atom. The molecular weight excluding hydrogens is 280 g/mol. The molecule has 2 N–H and O–H groups in total. The number of hydrogen-bond acceptors (Lipinski definition) is 4. The van der Waals surface area contributed by atoms with E-state index >= 15 is 0 Å². The zero-order chi connectivity index (χ0) is 15.5. The van der Waals surface area contributed by atoms with Crippen LogP contribution < -0.4 is 10.9 Å². The van der Waals surface area contributed by atoms with E-state index in [1.807, 2.05) is 18.2 Å². The van der Waals surface area contributed by atoms with Crippen LogP contribution in [0.15, 0.2) is 54.2 Å². The Morgan fingerprint density at radius 1 is 1.36 bits per heavy atom. The third-order valence-electron chi connectivity index (χ3n) is 3.64. The van der Waals surface area contributed by atoms with E-state index in [0.29, 0.717) is 18.8 Å². The first-order valence-electron chi connectivity index (χ1n) is 6.98. The number of carbonyl (C=O) groups excluding carboxylic acids is 1. The van der Waals surface area contributed by atoms with Gasteiger partial charge in [-0.1, -0.05) is 6.58 Å². The van der Waals surface area contributed by atoms with Gasteiger partial charge in [0.05, 0.1) is 6.04 Å². The summed E-state index contributed by atoms with van der Waals surface area (Å²) in [4.78, 5) is 31.7. The highest BCUT2D eigenvalue weighted by atomic mass is 16.2. The highest BCUT2D eigenvalue weighted by Gasteiger charge is 2.29. The van der Waals surface area contributed by atoms with Gasteiger partial charge in [-0.05, 0) is 29.8 Å². The van der Waals surface area contributed by atoms with E-state index in [1.54, 1.807) is 23.5 Å². The zero-order valence-corrected chi connectivity index (χ0v) is 12.0. The topological polar surface area (TPSA) is 78.1 Å². The van der Waals surface area contributed by atoms with Crippen LogP contribution in [0, 0.1) is 0 Å². The van der Waals surface area contributed by atoms with Gasteiger partial charge in [0.15, 0.2) is 0 Å². The summed E-state index contributed by atoms with van der Waals surface area (Å²) in [6.07, 6.45) is 6.39. The largest absolute Gasteiger partial charge is 0.374 e. The second-order valence-corrected chi connectivity index (χ2v) is 5.16. The Kier molecular flexibility index (Phi) is 3.74. The van der Waals surface area contributed by atoms with E-state index in [4.69, 9.17) is 0 Å². The Bertz CT molecular complexity index is 748. The van der Waals surface area contributed by atoms with Crippen molar-refractivity contribution < 1.29 is 4.79 Å². The minimum Gasteiger partial charge on any atom is -0.374 e. The van der Waals surface area contributed by atoms with Crippen molar-refractivity contribution in [1.29, 1.82) is 0 Å². The third kappa shape index (κ3) is 2.76. The Balaban J connectivity index is 1.74. The molecule has 1 fully saturated rings. The summed E-state index contributed by atoms with van der Waals surface area (Å²) in [5.41, 5.74) is 2.21. The maximum atomic E-state index is 11.9. The van der Waals surface area contributed by atoms with Crippen molar-refractivity contribution in [3.63, 3.8) is 0 Å². The second kappa shape index (κ2) is 5.85. The predicted octanol–water partition coefficient (Wildman–Crippen LogP) is 1.25. The first-order chi connectivity index (χ1) is 10.7. The fraction of sp³-hybridized carbons (Fsp3) is 0.188. The van der Waals surface area contributed by atoms with Crippen LogP contribution in [0.4, 0.5) is 5.69 Å². The van der Waals surface area contributed by atoms with Gasteiger partial charge in [-0.3, -0.25) is 14.6 Å². The summed E-state index contributed by atoms with van der Waals surface area (Å²) >= 11 is 0. The number of aromatic amines is 1. The monoisotopic (exact) mass is 296 g/mol. The molecular formula is C16H16N4O2. The quantitative estimate of drug-likeness (QED) is 0.832. The molecule has 1 saturated heterocycles. The number of nitrogens with one attached hydrogen (secondary N) is 2. The normalized spacial score (nSPS) is 14.3. The number of pyridine rings is 2. The summed E-state index contributed by atoms with van der Waals surface area (Å²) < 4.78 is 0. The maximum Gasteiger partial charge on any atom is 0.271 e. The lowest BCUT2D eigenvalue weighted by Gasteiger charge is -2.39. The number of carbonyl (C=O) groups is 1. The summed E-state index contributed by atoms with van der Waals surface area (Å²) in [6, 6.07) is 5.65. The van der Waals surface area contributed by atoms with Crippen LogP contribution in [0.3, 0.4) is 0 Å². The number of amides is 1. The van der Waals surface area contributed by atoms with Gasteiger partial charge >= 0.3 is 0 Å². The van der Waals surface area contributed by atoms with Crippen molar-refractivity contribution in [2.24, 2.45) is 0 Å². The van der Waals surface area contributed by atoms with Crippen LogP contribution in [0.1, 0.15) is 0 Å². The average Bonchev–Trinajstić information content (AvgIpc) is 2.52. The van der Waals surface area contributed by atoms with Gasteiger partial charge in [0, 0.05) is 37.2 Å². The molecule has 0 saturated carbocycles. The molecule has 1 aliphatic heterocycles. The second-order valence-electron chi connectivity index (χ2n) is 5.16. The number of anilines is 1. The minimum absolute atomic E-state index is 0.0812. The van der Waals surface area contributed by atoms with E-state index in [-0.39, 0.29) is 17.5 Å². The van der Waals surface area contributed by atoms with Crippen LogP contribution in [0.25, 0.3) is 11.1 Å². The molecule has 2 aromatic heterocycles. The number of likely N-dealkylation sites (tertiary alicyclic amines) is 1. The Morgan fingerprint density at radius 2 is 2.09 bits per heavy atom. The van der Waals surface area contributed by atoms with Gasteiger partial charge < -0.3 is 15.2 Å². The molecule has 6 nitrogen and oxygen atoms in total. The summed E-state index contributed by atoms with van der Waals surface area (Å²) in [7, 11) is 0. The lowest BCUT2D eigenvalue weighted by Crippen LogP contribution is -2.56. The van der Waals surface area contributed by atoms with E-state index in [0.717, 1.165) is 11.1 Å². The van der Waals surface area contributed by atoms with Crippen molar-refractivity contribution in [3.05, 3.63) is 59.8 Å². The Labute approximate surface area is 127 Å². The standard InChI is InChI=1S/C16H16N4O2/c1-2-15(21)20-9-13(10-20)19-14-7-12(8-18-16(14)22)11-3-5-17-6-4-11/h2-8,13,19H,1,9-10H2,(H,18,22). The zero-order valence-electron chi connectivity index (χ0n) is 12.0. The molecule has 1 amide bonds. The molecule has 3 heterocycles. The molecule has 22 heavy (non-hydrogen) atoms. The van der Waals surface area contributed by atoms with Crippen molar-refractivity contribution >= 4 is 11.6 Å². The van der Waals surface area contributed by atoms with Gasteiger partial charge in [0.2, 0.25) is 5.91 Å². The van der Waals surface area contributed by atoms with E-state index in [2.05, 4.69) is 21.9 Å². The molecule has 0 unspecified atom stereocenters. The van der Waals surface area contributed by atoms with Gasteiger partial charge in [0.25, 0.3) is 5.56 Å². The average molecular weight is 296 g/mol. The number of rotatable bonds is 4. The molecule has 0 atom stereocenters. The first-order valence-corrected chi connectivity index (χ1v) is 6.98. The number of hydrogen-bond donors (Lipinski definition) is 2. The fourth-order valence-electron chi connectivity index (χ4n) is 2.40. The first kappa shape index (κ1) is 14.1. The van der Waals surface area contributed by atoms with Gasteiger partial charge in [-0.15, -0.1) is 0 Å². The van der Waals surface area contributed by atoms with Crippen LogP contribution in [-0.2, 0) is 4.79 Å². The molecule has 6 heteroatoms. The number of aromatic nitrogens is 2. The molecule has 3 rings (SSSR count). The van der Waals surface area contributed by atoms with Gasteiger partial charge in [0.1, 0.15) is 5.69 Å². The molecule has 0 bridgehead atoms. The molecule has 0 aromatic carbocycles. The van der Waals surface area contributed by atoms with Crippen molar-refractivity contribution in [3.8, 4) is 11.1 Å².